The molecule has 0 saturated carbocycles. The maximum absolute atomic E-state index is 13.5. The minimum atomic E-state index is 0.0460. The van der Waals surface area contributed by atoms with Crippen LogP contribution in [0, 0.1) is 0 Å². The minimum absolute atomic E-state index is 0.0460. The zero-order valence-corrected chi connectivity index (χ0v) is 20.3. The molecule has 182 valence electrons. The Kier molecular flexibility index (Phi) is 8.19. The van der Waals surface area contributed by atoms with Crippen LogP contribution in [0.3, 0.4) is 0 Å². The lowest BCUT2D eigenvalue weighted by Crippen LogP contribution is -2.31. The van der Waals surface area contributed by atoms with Gasteiger partial charge in [0.15, 0.2) is 0 Å². The number of anilines is 1. The second-order valence-corrected chi connectivity index (χ2v) is 8.93. The van der Waals surface area contributed by atoms with Crippen LogP contribution in [0.5, 0.6) is 0 Å². The summed E-state index contributed by atoms with van der Waals surface area (Å²) in [6, 6.07) is 16.0. The van der Waals surface area contributed by atoms with Gasteiger partial charge in [-0.1, -0.05) is 54.6 Å². The van der Waals surface area contributed by atoms with Crippen molar-refractivity contribution in [2.45, 2.75) is 71.4 Å². The number of benzene rings is 2. The summed E-state index contributed by atoms with van der Waals surface area (Å²) in [4.78, 5) is 37.8. The molecular weight excluding hydrogens is 440 g/mol. The number of aryl methyl sites for hydroxylation is 1. The molecule has 3 aromatic rings. The van der Waals surface area contributed by atoms with E-state index in [9.17, 15) is 14.4 Å². The van der Waals surface area contributed by atoms with Crippen molar-refractivity contribution in [3.8, 4) is 22.5 Å². The predicted molar refractivity (Wildman–Crippen MR) is 136 cm³/mol. The minimum Gasteiger partial charge on any atom is -0.307 e. The molecule has 2 aromatic carbocycles. The summed E-state index contributed by atoms with van der Waals surface area (Å²) in [6.07, 6.45) is 5.97. The van der Waals surface area contributed by atoms with Crippen LogP contribution >= 0.6 is 0 Å². The van der Waals surface area contributed by atoms with Crippen molar-refractivity contribution < 1.29 is 14.4 Å². The molecular formula is C28H32N4O3. The quantitative estimate of drug-likeness (QED) is 0.277. The Morgan fingerprint density at radius 1 is 0.943 bits per heavy atom. The van der Waals surface area contributed by atoms with Crippen molar-refractivity contribution >= 4 is 23.7 Å². The van der Waals surface area contributed by atoms with E-state index in [0.29, 0.717) is 45.2 Å². The fraction of sp³-hybridized carbons (Fsp3) is 0.393. The zero-order valence-electron chi connectivity index (χ0n) is 20.3. The van der Waals surface area contributed by atoms with Crippen LogP contribution in [0.15, 0.2) is 48.5 Å². The Labute approximate surface area is 206 Å². The standard InChI is InChI=1S/C28H32N4O3/c1-2-22(34)13-5-9-17-26(35)31-20-21-12-4-6-14-23(21)27-28(24-15-7-8-16-25(24)31)32(30-29-27)18-10-3-11-19-33/h4,6-8,12,14-16,19H,2-3,5,9-11,13,17-18,20H2,1H3. The van der Waals surface area contributed by atoms with E-state index in [2.05, 4.69) is 10.3 Å². The first-order valence-electron chi connectivity index (χ1n) is 12.5. The van der Waals surface area contributed by atoms with Crippen molar-refractivity contribution in [2.75, 3.05) is 4.90 Å². The summed E-state index contributed by atoms with van der Waals surface area (Å²) < 4.78 is 1.90. The van der Waals surface area contributed by atoms with Gasteiger partial charge in [0.25, 0.3) is 0 Å². The smallest absolute Gasteiger partial charge is 0.227 e. The number of fused-ring (bicyclic) bond motifs is 5. The Morgan fingerprint density at radius 2 is 1.69 bits per heavy atom. The van der Waals surface area contributed by atoms with Gasteiger partial charge in [0.1, 0.15) is 17.8 Å². The third-order valence-electron chi connectivity index (χ3n) is 6.52. The molecule has 0 N–H and O–H groups in total. The van der Waals surface area contributed by atoms with Gasteiger partial charge in [-0.25, -0.2) is 4.68 Å². The number of nitrogens with zero attached hydrogens (tertiary/aromatic N) is 4. The molecule has 7 heteroatoms. The highest BCUT2D eigenvalue weighted by Crippen LogP contribution is 2.41. The molecule has 0 spiro atoms. The average Bonchev–Trinajstić information content (AvgIpc) is 3.29. The number of aldehydes is 1. The maximum atomic E-state index is 13.5. The largest absolute Gasteiger partial charge is 0.307 e. The van der Waals surface area contributed by atoms with Gasteiger partial charge in [0, 0.05) is 43.4 Å². The van der Waals surface area contributed by atoms with Crippen LogP contribution in [0.2, 0.25) is 0 Å². The number of amides is 1. The van der Waals surface area contributed by atoms with Gasteiger partial charge in [-0.3, -0.25) is 9.59 Å². The van der Waals surface area contributed by atoms with Crippen LogP contribution in [0.1, 0.15) is 63.9 Å². The molecule has 1 amide bonds. The van der Waals surface area contributed by atoms with Gasteiger partial charge in [-0.15, -0.1) is 5.10 Å². The van der Waals surface area contributed by atoms with Gasteiger partial charge in [-0.05, 0) is 37.3 Å². The fourth-order valence-electron chi connectivity index (χ4n) is 4.59. The maximum Gasteiger partial charge on any atom is 0.227 e. The van der Waals surface area contributed by atoms with E-state index >= 15 is 0 Å². The average molecular weight is 473 g/mol. The summed E-state index contributed by atoms with van der Waals surface area (Å²) in [5.41, 5.74) is 5.47. The van der Waals surface area contributed by atoms with Gasteiger partial charge < -0.3 is 9.69 Å². The normalized spacial score (nSPS) is 12.2. The lowest BCUT2D eigenvalue weighted by molar-refractivity contribution is -0.120. The Hall–Kier alpha value is -3.61. The van der Waals surface area contributed by atoms with E-state index in [-0.39, 0.29) is 11.7 Å². The topological polar surface area (TPSA) is 85.2 Å². The second-order valence-electron chi connectivity index (χ2n) is 8.93. The SMILES string of the molecule is CCC(=O)CCCCC(=O)N1Cc2ccccc2-c2nnn(CCCCC=O)c2-c2ccccc21. The van der Waals surface area contributed by atoms with E-state index in [1.54, 1.807) is 0 Å². The van der Waals surface area contributed by atoms with Gasteiger partial charge in [0.2, 0.25) is 5.91 Å². The summed E-state index contributed by atoms with van der Waals surface area (Å²) in [7, 11) is 0. The summed E-state index contributed by atoms with van der Waals surface area (Å²) in [5, 5.41) is 9.04. The fourth-order valence-corrected chi connectivity index (χ4v) is 4.59. The Morgan fingerprint density at radius 3 is 2.49 bits per heavy atom. The molecule has 2 heterocycles. The molecule has 35 heavy (non-hydrogen) atoms. The third kappa shape index (κ3) is 5.56. The molecule has 1 aliphatic heterocycles. The molecule has 0 aliphatic carbocycles. The molecule has 1 aromatic heterocycles. The predicted octanol–water partition coefficient (Wildman–Crippen LogP) is 5.37. The van der Waals surface area contributed by atoms with E-state index in [4.69, 9.17) is 0 Å². The molecule has 0 saturated heterocycles. The van der Waals surface area contributed by atoms with Crippen LogP contribution in [-0.2, 0) is 27.5 Å². The molecule has 0 bridgehead atoms. The Bertz CT molecular complexity index is 1200. The highest BCUT2D eigenvalue weighted by Gasteiger charge is 2.28. The molecule has 7 nitrogen and oxygen atoms in total. The van der Waals surface area contributed by atoms with Gasteiger partial charge >= 0.3 is 0 Å². The monoisotopic (exact) mass is 472 g/mol. The van der Waals surface area contributed by atoms with E-state index < -0.39 is 0 Å². The van der Waals surface area contributed by atoms with Crippen molar-refractivity contribution in [2.24, 2.45) is 0 Å². The van der Waals surface area contributed by atoms with E-state index in [1.165, 1.54) is 0 Å². The first kappa shape index (κ1) is 24.5. The highest BCUT2D eigenvalue weighted by atomic mass is 16.2. The lowest BCUT2D eigenvalue weighted by Gasteiger charge is -2.29. The molecule has 0 fully saturated rings. The highest BCUT2D eigenvalue weighted by molar-refractivity contribution is 6.00. The molecule has 4 rings (SSSR count). The third-order valence-corrected chi connectivity index (χ3v) is 6.52. The van der Waals surface area contributed by atoms with Crippen molar-refractivity contribution in [1.29, 1.82) is 0 Å². The van der Waals surface area contributed by atoms with Crippen molar-refractivity contribution in [3.63, 3.8) is 0 Å². The molecule has 0 atom stereocenters. The number of aromatic nitrogens is 3. The first-order valence-corrected chi connectivity index (χ1v) is 12.5. The number of Topliss-reactive ketones (excluding diaryl/α,β-unsaturated/α-hetero) is 1. The lowest BCUT2D eigenvalue weighted by atomic mass is 9.95. The van der Waals surface area contributed by atoms with Crippen LogP contribution in [-0.4, -0.2) is 33.0 Å². The number of unbranched alkanes of at least 4 members (excludes halogenated alkanes) is 3. The number of rotatable bonds is 11. The van der Waals surface area contributed by atoms with Crippen molar-refractivity contribution in [3.05, 3.63) is 54.1 Å². The number of carbonyl (C=O) groups excluding carboxylic acids is 3. The van der Waals surface area contributed by atoms with Crippen LogP contribution in [0.25, 0.3) is 22.5 Å². The summed E-state index contributed by atoms with van der Waals surface area (Å²) in [5.74, 6) is 0.286. The number of para-hydroxylation sites is 1. The molecule has 0 radical (unpaired) electrons. The van der Waals surface area contributed by atoms with Crippen LogP contribution in [0.4, 0.5) is 5.69 Å². The van der Waals surface area contributed by atoms with Crippen LogP contribution < -0.4 is 4.90 Å². The number of hydrogen-bond donors (Lipinski definition) is 0. The van der Waals surface area contributed by atoms with Crippen molar-refractivity contribution in [1.82, 2.24) is 15.0 Å². The number of hydrogen-bond acceptors (Lipinski definition) is 5. The number of ketones is 1. The molecule has 1 aliphatic rings. The molecule has 0 unspecified atom stereocenters. The first-order chi connectivity index (χ1) is 17.1. The van der Waals surface area contributed by atoms with Gasteiger partial charge in [-0.2, -0.15) is 0 Å². The van der Waals surface area contributed by atoms with E-state index in [1.807, 2.05) is 65.0 Å². The summed E-state index contributed by atoms with van der Waals surface area (Å²) in [6.45, 7) is 2.97. The van der Waals surface area contributed by atoms with Gasteiger partial charge in [0.05, 0.1) is 17.9 Å². The van der Waals surface area contributed by atoms with E-state index in [0.717, 1.165) is 59.3 Å². The zero-order chi connectivity index (χ0) is 24.6. The summed E-state index contributed by atoms with van der Waals surface area (Å²) >= 11 is 0. The second kappa shape index (κ2) is 11.7. The number of carbonyl (C=O) groups is 3. The Balaban J connectivity index is 1.70.